The maximum absolute atomic E-state index is 12.8. The number of nitrogens with one attached hydrogen (secondary N) is 2. The predicted molar refractivity (Wildman–Crippen MR) is 115 cm³/mol. The van der Waals surface area contributed by atoms with Gasteiger partial charge in [-0.25, -0.2) is 8.42 Å². The Morgan fingerprint density at radius 2 is 1.57 bits per heavy atom. The third kappa shape index (κ3) is 4.70. The Balaban J connectivity index is 1.97. The van der Waals surface area contributed by atoms with Crippen molar-refractivity contribution < 1.29 is 18.1 Å². The van der Waals surface area contributed by atoms with Gasteiger partial charge in [0.25, 0.3) is 21.6 Å². The van der Waals surface area contributed by atoms with Crippen molar-refractivity contribution in [1.29, 1.82) is 0 Å². The summed E-state index contributed by atoms with van der Waals surface area (Å²) in [5.41, 5.74) is -0.304. The Kier molecular flexibility index (Phi) is 6.25. The number of para-hydroxylation sites is 3. The molecule has 2 N–H and O–H groups in total. The fourth-order valence-electron chi connectivity index (χ4n) is 2.55. The van der Waals surface area contributed by atoms with Crippen LogP contribution in [0.1, 0.15) is 10.4 Å². The minimum absolute atomic E-state index is 0.0645. The number of hydrogen-bond donors (Lipinski definition) is 2. The van der Waals surface area contributed by atoms with Gasteiger partial charge in [0, 0.05) is 11.8 Å². The van der Waals surface area contributed by atoms with Crippen LogP contribution < -0.4 is 10.0 Å². The van der Waals surface area contributed by atoms with Crippen LogP contribution in [0, 0.1) is 10.1 Å². The molecule has 0 radical (unpaired) electrons. The van der Waals surface area contributed by atoms with E-state index >= 15 is 0 Å². The standard InChI is InChI=1S/C19H13Cl2N3O5S/c20-14-11-15(21)18(30(28,29)23-12-6-2-1-3-7-12)10-13(14)19(25)22-16-8-4-5-9-17(16)24(26)27/h1-11,23H,(H,22,25). The molecule has 0 spiro atoms. The molecule has 8 nitrogen and oxygen atoms in total. The average Bonchev–Trinajstić information content (AvgIpc) is 2.68. The molecule has 3 rings (SSSR count). The summed E-state index contributed by atoms with van der Waals surface area (Å²) in [6.07, 6.45) is 0. The minimum Gasteiger partial charge on any atom is -0.316 e. The topological polar surface area (TPSA) is 118 Å². The Morgan fingerprint density at radius 1 is 0.933 bits per heavy atom. The second-order valence-corrected chi connectivity index (χ2v) is 8.43. The van der Waals surface area contributed by atoms with Crippen LogP contribution in [-0.2, 0) is 10.0 Å². The van der Waals surface area contributed by atoms with Gasteiger partial charge in [-0.3, -0.25) is 19.6 Å². The van der Waals surface area contributed by atoms with Crippen molar-refractivity contribution in [2.75, 3.05) is 10.0 Å². The van der Waals surface area contributed by atoms with E-state index in [1.165, 1.54) is 24.3 Å². The molecule has 0 heterocycles. The van der Waals surface area contributed by atoms with E-state index in [0.29, 0.717) is 5.69 Å². The summed E-state index contributed by atoms with van der Waals surface area (Å²) < 4.78 is 27.9. The number of carbonyl (C=O) groups is 1. The lowest BCUT2D eigenvalue weighted by Crippen LogP contribution is -2.17. The summed E-state index contributed by atoms with van der Waals surface area (Å²) in [5, 5.41) is 13.2. The van der Waals surface area contributed by atoms with Crippen molar-refractivity contribution in [2.24, 2.45) is 0 Å². The lowest BCUT2D eigenvalue weighted by Gasteiger charge is -2.13. The van der Waals surface area contributed by atoms with Crippen LogP contribution in [0.2, 0.25) is 10.0 Å². The minimum atomic E-state index is -4.14. The summed E-state index contributed by atoms with van der Waals surface area (Å²) in [6.45, 7) is 0. The third-order valence-electron chi connectivity index (χ3n) is 3.93. The molecule has 0 atom stereocenters. The van der Waals surface area contributed by atoms with Crippen LogP contribution in [0.5, 0.6) is 0 Å². The quantitative estimate of drug-likeness (QED) is 0.394. The highest BCUT2D eigenvalue weighted by atomic mass is 35.5. The van der Waals surface area contributed by atoms with E-state index in [4.69, 9.17) is 23.2 Å². The highest BCUT2D eigenvalue weighted by Crippen LogP contribution is 2.31. The molecule has 3 aromatic rings. The first kappa shape index (κ1) is 21.6. The number of hydrogen-bond acceptors (Lipinski definition) is 5. The van der Waals surface area contributed by atoms with Gasteiger partial charge in [0.05, 0.1) is 20.5 Å². The van der Waals surface area contributed by atoms with Crippen LogP contribution in [0.15, 0.2) is 71.6 Å². The molecule has 3 aromatic carbocycles. The van der Waals surface area contributed by atoms with Crippen molar-refractivity contribution >= 4 is 56.2 Å². The molecule has 0 saturated carbocycles. The highest BCUT2D eigenvalue weighted by molar-refractivity contribution is 7.92. The molecule has 0 aliphatic carbocycles. The Bertz CT molecular complexity index is 1230. The third-order valence-corrected chi connectivity index (χ3v) is 6.09. The molecule has 0 aromatic heterocycles. The zero-order valence-corrected chi connectivity index (χ0v) is 17.3. The molecule has 0 aliphatic rings. The molecule has 154 valence electrons. The monoisotopic (exact) mass is 465 g/mol. The highest BCUT2D eigenvalue weighted by Gasteiger charge is 2.24. The Morgan fingerprint density at radius 3 is 2.23 bits per heavy atom. The fourth-order valence-corrected chi connectivity index (χ4v) is 4.47. The Hall–Kier alpha value is -3.14. The summed E-state index contributed by atoms with van der Waals surface area (Å²) >= 11 is 12.1. The molecular weight excluding hydrogens is 453 g/mol. The van der Waals surface area contributed by atoms with Crippen molar-refractivity contribution in [2.45, 2.75) is 4.90 Å². The normalized spacial score (nSPS) is 11.0. The first-order chi connectivity index (χ1) is 14.2. The summed E-state index contributed by atoms with van der Waals surface area (Å²) in [4.78, 5) is 22.8. The van der Waals surface area contributed by atoms with E-state index in [2.05, 4.69) is 10.0 Å². The predicted octanol–water partition coefficient (Wildman–Crippen LogP) is 4.95. The van der Waals surface area contributed by atoms with Gasteiger partial charge in [-0.1, -0.05) is 53.5 Å². The number of nitro groups is 1. The van der Waals surface area contributed by atoms with E-state index < -0.39 is 20.9 Å². The molecule has 0 fully saturated rings. The number of sulfonamides is 1. The fraction of sp³-hybridized carbons (Fsp3) is 0. The maximum atomic E-state index is 12.8. The molecule has 0 saturated heterocycles. The zero-order chi connectivity index (χ0) is 21.9. The lowest BCUT2D eigenvalue weighted by atomic mass is 10.2. The van der Waals surface area contributed by atoms with Crippen LogP contribution in [0.25, 0.3) is 0 Å². The largest absolute Gasteiger partial charge is 0.316 e. The molecule has 30 heavy (non-hydrogen) atoms. The van der Waals surface area contributed by atoms with Crippen LogP contribution in [0.4, 0.5) is 17.1 Å². The van der Waals surface area contributed by atoms with E-state index in [9.17, 15) is 23.3 Å². The molecule has 0 bridgehead atoms. The first-order valence-electron chi connectivity index (χ1n) is 8.31. The van der Waals surface area contributed by atoms with Gasteiger partial charge in [0.1, 0.15) is 10.6 Å². The second-order valence-electron chi connectivity index (χ2n) is 5.96. The number of anilines is 2. The van der Waals surface area contributed by atoms with Gasteiger partial charge < -0.3 is 5.32 Å². The average molecular weight is 466 g/mol. The smallest absolute Gasteiger partial charge is 0.292 e. The summed E-state index contributed by atoms with van der Waals surface area (Å²) in [6, 6.07) is 15.8. The summed E-state index contributed by atoms with van der Waals surface area (Å²) in [7, 11) is -4.14. The number of carbonyl (C=O) groups excluding carboxylic acids is 1. The van der Waals surface area contributed by atoms with E-state index in [-0.39, 0.29) is 31.9 Å². The number of amides is 1. The molecule has 11 heteroatoms. The van der Waals surface area contributed by atoms with Gasteiger partial charge in [-0.15, -0.1) is 0 Å². The van der Waals surface area contributed by atoms with E-state index in [1.807, 2.05) is 0 Å². The van der Waals surface area contributed by atoms with Gasteiger partial charge in [0.15, 0.2) is 0 Å². The number of benzene rings is 3. The maximum Gasteiger partial charge on any atom is 0.292 e. The van der Waals surface area contributed by atoms with Gasteiger partial charge in [0.2, 0.25) is 0 Å². The van der Waals surface area contributed by atoms with E-state index in [0.717, 1.165) is 12.1 Å². The van der Waals surface area contributed by atoms with E-state index in [1.54, 1.807) is 30.3 Å². The van der Waals surface area contributed by atoms with Crippen molar-refractivity contribution in [1.82, 2.24) is 0 Å². The number of nitrogens with zero attached hydrogens (tertiary/aromatic N) is 1. The molecule has 0 unspecified atom stereocenters. The van der Waals surface area contributed by atoms with Crippen LogP contribution in [0.3, 0.4) is 0 Å². The first-order valence-corrected chi connectivity index (χ1v) is 10.5. The molecule has 0 aliphatic heterocycles. The van der Waals surface area contributed by atoms with Crippen molar-refractivity contribution in [3.63, 3.8) is 0 Å². The lowest BCUT2D eigenvalue weighted by molar-refractivity contribution is -0.383. The second kappa shape index (κ2) is 8.70. The summed E-state index contributed by atoms with van der Waals surface area (Å²) in [5.74, 6) is -0.831. The number of halogens is 2. The zero-order valence-electron chi connectivity index (χ0n) is 15.0. The SMILES string of the molecule is O=C(Nc1ccccc1[N+](=O)[O-])c1cc(S(=O)(=O)Nc2ccccc2)c(Cl)cc1Cl. The Labute approximate surface area is 181 Å². The van der Waals surface area contributed by atoms with Gasteiger partial charge in [-0.05, 0) is 30.3 Å². The van der Waals surface area contributed by atoms with Crippen molar-refractivity contribution in [3.8, 4) is 0 Å². The number of nitro benzene ring substituents is 1. The van der Waals surface area contributed by atoms with Gasteiger partial charge in [-0.2, -0.15) is 0 Å². The number of rotatable bonds is 6. The molecular formula is C19H13Cl2N3O5S. The van der Waals surface area contributed by atoms with Crippen LogP contribution in [-0.4, -0.2) is 19.2 Å². The van der Waals surface area contributed by atoms with Crippen molar-refractivity contribution in [3.05, 3.63) is 92.5 Å². The molecule has 1 amide bonds. The van der Waals surface area contributed by atoms with Crippen LogP contribution >= 0.6 is 23.2 Å². The van der Waals surface area contributed by atoms with Gasteiger partial charge >= 0.3 is 0 Å².